The van der Waals surface area contributed by atoms with Gasteiger partial charge in [-0.25, -0.2) is 46.0 Å². The number of pyridine rings is 3. The van der Waals surface area contributed by atoms with E-state index in [-0.39, 0.29) is 75.3 Å². The van der Waals surface area contributed by atoms with Crippen LogP contribution in [0, 0.1) is 41.5 Å². The van der Waals surface area contributed by atoms with Gasteiger partial charge in [0.05, 0.1) is 80.3 Å². The lowest BCUT2D eigenvalue weighted by Gasteiger charge is -2.20. The van der Waals surface area contributed by atoms with Crippen LogP contribution in [0.2, 0.25) is 0 Å². The summed E-state index contributed by atoms with van der Waals surface area (Å²) in [6.07, 6.45) is -0.496. The zero-order valence-electron chi connectivity index (χ0n) is 71.2. The number of nitrogens with one attached hydrogen (secondary N) is 3. The van der Waals surface area contributed by atoms with E-state index in [0.717, 1.165) is 85.4 Å². The number of thiophene rings is 2. The minimum absolute atomic E-state index is 0.0753. The maximum Gasteiger partial charge on any atom is 0.304 e. The Morgan fingerprint density at radius 3 is 1.16 bits per heavy atom. The maximum absolute atomic E-state index is 14.0. The van der Waals surface area contributed by atoms with Crippen molar-refractivity contribution in [3.8, 4) is 49.8 Å². The van der Waals surface area contributed by atoms with Gasteiger partial charge >= 0.3 is 10.2 Å². The normalized spacial score (nSPS) is 13.8. The van der Waals surface area contributed by atoms with Gasteiger partial charge in [-0.1, -0.05) is 176 Å². The molecule has 9 N–H and O–H groups in total. The molecule has 648 valence electrons. The number of amides is 3. The van der Waals surface area contributed by atoms with Gasteiger partial charge in [-0.15, -0.1) is 22.7 Å². The fourth-order valence-corrected chi connectivity index (χ4v) is 21.3. The van der Waals surface area contributed by atoms with Crippen LogP contribution in [0.15, 0.2) is 281 Å². The number of fused-ring (bicyclic) bond motifs is 6. The molecule has 1 fully saturated rings. The first-order valence-electron chi connectivity index (χ1n) is 41.2. The smallest absolute Gasteiger partial charge is 0.304 e. The fraction of sp³-hybridized carbons (Fsp3) is 0.160. The van der Waals surface area contributed by atoms with Gasteiger partial charge in [-0.3, -0.25) is 14.4 Å². The molecule has 1 saturated heterocycles. The van der Waals surface area contributed by atoms with Crippen molar-refractivity contribution in [1.82, 2.24) is 33.4 Å². The average molecular weight is 1800 g/mol. The summed E-state index contributed by atoms with van der Waals surface area (Å²) >= 11 is 3.17. The molecule has 4 atom stereocenters. The van der Waals surface area contributed by atoms with Crippen molar-refractivity contribution in [1.29, 1.82) is 0 Å². The van der Waals surface area contributed by atoms with Crippen molar-refractivity contribution in [3.63, 3.8) is 0 Å². The minimum Gasteiger partial charge on any atom is -0.485 e. The Bertz CT molecular complexity index is 7280. The van der Waals surface area contributed by atoms with Crippen LogP contribution >= 0.6 is 22.7 Å². The van der Waals surface area contributed by atoms with E-state index in [1.165, 1.54) is 40.7 Å². The highest BCUT2D eigenvalue weighted by atomic mass is 32.2. The molecule has 6 aromatic heterocycles. The third-order valence-corrected chi connectivity index (χ3v) is 29.3. The molecule has 0 radical (unpaired) electrons. The maximum atomic E-state index is 14.0. The van der Waals surface area contributed by atoms with Gasteiger partial charge in [-0.05, 0) is 215 Å². The van der Waals surface area contributed by atoms with Crippen LogP contribution < -0.4 is 45.6 Å². The summed E-state index contributed by atoms with van der Waals surface area (Å²) in [5, 5.41) is 4.42. The highest BCUT2D eigenvalue weighted by Gasteiger charge is 2.35. The van der Waals surface area contributed by atoms with E-state index in [1.807, 2.05) is 232 Å². The van der Waals surface area contributed by atoms with Crippen molar-refractivity contribution in [2.45, 2.75) is 103 Å². The van der Waals surface area contributed by atoms with Crippen LogP contribution in [-0.2, 0) is 30.3 Å². The molecule has 0 bridgehead atoms. The highest BCUT2D eigenvalue weighted by molar-refractivity contribution is 7.90. The summed E-state index contributed by atoms with van der Waals surface area (Å²) < 4.78 is 115. The molecule has 0 unspecified atom stereocenters. The number of carbonyl (C=O) groups is 3. The number of para-hydroxylation sites is 1. The number of nitrogen functional groups attached to an aromatic ring is 2. The van der Waals surface area contributed by atoms with E-state index in [2.05, 4.69) is 32.4 Å². The highest BCUT2D eigenvalue weighted by Crippen LogP contribution is 2.46. The number of benzene rings is 11. The number of anilines is 2. The molecular weight excluding hydrogens is 1710 g/mol. The summed E-state index contributed by atoms with van der Waals surface area (Å²) in [4.78, 5) is 58.5. The van der Waals surface area contributed by atoms with E-state index in [1.54, 1.807) is 65.1 Å². The number of carbonyl (C=O) groups excluding carboxylic acids is 3. The number of aryl methyl sites for hydroxylation is 6. The summed E-state index contributed by atoms with van der Waals surface area (Å²) in [5.74, 6) is -0.626. The van der Waals surface area contributed by atoms with Gasteiger partial charge in [0.15, 0.2) is 5.76 Å². The minimum atomic E-state index is -4.26. The van der Waals surface area contributed by atoms with Gasteiger partial charge in [0, 0.05) is 50.9 Å². The predicted octanol–water partition coefficient (Wildman–Crippen LogP) is 20.6. The number of aromatic nitrogens is 3. The first-order valence-corrected chi connectivity index (χ1v) is 47.3. The number of nitrogens with two attached hydrogens (primary N) is 3. The average Bonchev–Trinajstić information content (AvgIpc) is 1.36. The van der Waals surface area contributed by atoms with Gasteiger partial charge in [0.25, 0.3) is 37.8 Å². The second kappa shape index (κ2) is 36.3. The van der Waals surface area contributed by atoms with Crippen molar-refractivity contribution in [2.24, 2.45) is 5.73 Å². The summed E-state index contributed by atoms with van der Waals surface area (Å²) in [6.45, 7) is 17.9. The molecule has 17 aromatic rings. The van der Waals surface area contributed by atoms with Gasteiger partial charge in [-0.2, -0.15) is 12.7 Å². The van der Waals surface area contributed by atoms with Crippen LogP contribution in [0.25, 0.3) is 96.4 Å². The monoisotopic (exact) mass is 1800 g/mol. The zero-order chi connectivity index (χ0) is 90.2. The number of sulfonamides is 2. The Morgan fingerprint density at radius 2 is 0.781 bits per heavy atom. The molecule has 0 saturated carbocycles. The number of nitrogens with zero attached hydrogens (tertiary/aromatic N) is 4. The zero-order valence-corrected chi connectivity index (χ0v) is 75.3. The number of furan rings is 1. The Kier molecular flexibility index (Phi) is 24.9. The number of ether oxygens (including phenoxy) is 3. The van der Waals surface area contributed by atoms with Crippen LogP contribution in [0.1, 0.15) is 127 Å². The van der Waals surface area contributed by atoms with Crippen molar-refractivity contribution >= 4 is 146 Å². The number of rotatable bonds is 21. The Balaban J connectivity index is 0.000000141. The van der Waals surface area contributed by atoms with Crippen LogP contribution in [0.4, 0.5) is 11.4 Å². The Labute approximate surface area is 748 Å². The van der Waals surface area contributed by atoms with Crippen LogP contribution in [0.5, 0.6) is 17.2 Å². The third kappa shape index (κ3) is 18.2. The molecule has 3 amide bonds. The topological polar surface area (TPSA) is 351 Å². The van der Waals surface area contributed by atoms with Crippen LogP contribution in [-0.4, -0.2) is 81.4 Å². The summed E-state index contributed by atoms with van der Waals surface area (Å²) in [6, 6.07) is 80.2. The van der Waals surface area contributed by atoms with E-state index in [0.29, 0.717) is 84.8 Å². The molecule has 7 heterocycles. The van der Waals surface area contributed by atoms with Crippen molar-refractivity contribution in [3.05, 3.63) is 334 Å². The summed E-state index contributed by atoms with van der Waals surface area (Å²) in [5.41, 5.74) is 30.6. The van der Waals surface area contributed by atoms with Gasteiger partial charge in [0.2, 0.25) is 0 Å². The van der Waals surface area contributed by atoms with Crippen LogP contribution in [0.3, 0.4) is 0 Å². The van der Waals surface area contributed by atoms with Crippen molar-refractivity contribution in [2.75, 3.05) is 24.6 Å². The largest absolute Gasteiger partial charge is 0.485 e. The van der Waals surface area contributed by atoms with E-state index in [9.17, 15) is 39.6 Å². The molecule has 11 aromatic carbocycles. The predicted molar refractivity (Wildman–Crippen MR) is 509 cm³/mol. The Morgan fingerprint density at radius 1 is 0.422 bits per heavy atom. The molecule has 18 rings (SSSR count). The molecule has 0 aliphatic carbocycles. The number of hydrogen-bond acceptors (Lipinski definition) is 21. The molecular formula is C100H90N10O13S5. The lowest BCUT2D eigenvalue weighted by molar-refractivity contribution is 0.0972. The SMILES string of the molecule is Cc1c(-c2cc(C(=O)NS(=O)(=O)N3CC[C@H](N)C3)c3c(O[C@H](C)c4ccccc4)ccc(C)c3n2)sc2ccccc12.Cc1c(-c2cc(C(=O)NS(=O)(=O)c3cccc(N)c3)c3c(O[C@H](C)c4ccccc4)ccc(C)c3n2)oc2ccccc12.Cc1c(-c2cc(C(=O)NS(=O)(=O)c3cccc(N)c3)c3c(O[C@H](C)c4ccccc4)ccc(C)c3n2)sc2ccccc12. The molecule has 1 aliphatic rings. The van der Waals surface area contributed by atoms with E-state index < -0.39 is 48.0 Å². The molecule has 0 spiro atoms. The first-order chi connectivity index (χ1) is 61.4. The summed E-state index contributed by atoms with van der Waals surface area (Å²) in [7, 11) is -12.6. The first kappa shape index (κ1) is 87.8. The standard InChI is InChI=1S/C34H29N3O5S.C34H29N3O4S2.C32H32N4O4S2/c1-20-16-17-30(41-22(3)23-10-5-4-6-11-23)31-27(34(38)37-43(39,40)25-13-9-12-24(35)18-25)19-28(36-32(20)31)33-21(2)26-14-7-8-15-29(26)42-33;1-20-16-17-29(41-22(3)23-10-5-4-6-11-23)31-27(34(38)37-43(39,40)25-13-9-12-24(35)18-25)19-28(36-32(20)31)33-21(2)26-14-7-8-15-30(26)42-33;1-19-13-14-27(40-21(3)22-9-5-4-6-10-22)29-25(32(37)35-42(38,39)36-16-15-23(33)18-36)17-26(34-30(19)29)31-20(2)24-11-7-8-12-28(24)41-31/h2*4-19,22H,35H2,1-3H3,(H,37,38);4-14,17,21,23H,15-16,18,33H2,1-3H3,(H,35,37)/t2*22-;21-,23+/m111/s1. The van der Waals surface area contributed by atoms with Gasteiger partial charge in [0.1, 0.15) is 46.8 Å². The molecule has 128 heavy (non-hydrogen) atoms. The molecule has 1 aliphatic heterocycles. The fourth-order valence-electron chi connectivity index (χ4n) is 15.8. The van der Waals surface area contributed by atoms with Gasteiger partial charge < -0.3 is 35.8 Å². The molecule has 23 nitrogen and oxygen atoms in total. The second-order valence-electron chi connectivity index (χ2n) is 31.5. The molecule has 28 heteroatoms. The van der Waals surface area contributed by atoms with Crippen molar-refractivity contribution < 1.29 is 58.3 Å². The van der Waals surface area contributed by atoms with E-state index >= 15 is 0 Å². The third-order valence-electron chi connectivity index (χ3n) is 22.6. The Hall–Kier alpha value is -13.7. The number of hydrogen-bond donors (Lipinski definition) is 6. The second-order valence-corrected chi connectivity index (χ2v) is 38.6. The lowest BCUT2D eigenvalue weighted by atomic mass is 10.0. The lowest BCUT2D eigenvalue weighted by Crippen LogP contribution is -2.43. The quantitative estimate of drug-likeness (QED) is 0.0364. The van der Waals surface area contributed by atoms with E-state index in [4.69, 9.17) is 50.8 Å².